The molecular weight excluding hydrogens is 396 g/mol. The van der Waals surface area contributed by atoms with Gasteiger partial charge < -0.3 is 19.3 Å². The Kier molecular flexibility index (Phi) is 6.53. The van der Waals surface area contributed by atoms with E-state index in [1.165, 1.54) is 11.5 Å². The fourth-order valence-corrected chi connectivity index (χ4v) is 4.38. The standard InChI is InChI=1S/C24H30N2O5/c1-5-24(3,19-8-6-7-9-20(19)31-4)11-13-26-15-17-14-25(16(2)27)12-10-18(17)21(22(26)28)23(29)30/h6-9,15H,5,10-14H2,1-4H3,(H,29,30). The van der Waals surface area contributed by atoms with E-state index < -0.39 is 11.5 Å². The molecule has 1 N–H and O–H groups in total. The van der Waals surface area contributed by atoms with Crippen LogP contribution in [0.15, 0.2) is 35.3 Å². The summed E-state index contributed by atoms with van der Waals surface area (Å²) in [5, 5.41) is 9.73. The Labute approximate surface area is 182 Å². The summed E-state index contributed by atoms with van der Waals surface area (Å²) >= 11 is 0. The fourth-order valence-electron chi connectivity index (χ4n) is 4.38. The van der Waals surface area contributed by atoms with Crippen molar-refractivity contribution < 1.29 is 19.4 Å². The maximum absolute atomic E-state index is 13.0. The lowest BCUT2D eigenvalue weighted by Crippen LogP contribution is -2.39. The molecule has 2 aromatic rings. The van der Waals surface area contributed by atoms with Crippen LogP contribution in [0.3, 0.4) is 0 Å². The maximum atomic E-state index is 13.0. The van der Waals surface area contributed by atoms with Crippen LogP contribution in [-0.2, 0) is 29.7 Å². The van der Waals surface area contributed by atoms with Gasteiger partial charge in [-0.3, -0.25) is 9.59 Å². The second-order valence-electron chi connectivity index (χ2n) is 8.37. The van der Waals surface area contributed by atoms with Crippen LogP contribution in [0.4, 0.5) is 0 Å². The van der Waals surface area contributed by atoms with Gasteiger partial charge in [0.05, 0.1) is 7.11 Å². The van der Waals surface area contributed by atoms with Crippen LogP contribution in [0.2, 0.25) is 0 Å². The molecule has 31 heavy (non-hydrogen) atoms. The Balaban J connectivity index is 1.98. The monoisotopic (exact) mass is 426 g/mol. The summed E-state index contributed by atoms with van der Waals surface area (Å²) in [4.78, 5) is 38.4. The largest absolute Gasteiger partial charge is 0.496 e. The van der Waals surface area contributed by atoms with Gasteiger partial charge >= 0.3 is 5.97 Å². The number of pyridine rings is 1. The molecule has 1 aliphatic rings. The summed E-state index contributed by atoms with van der Waals surface area (Å²) in [5.41, 5.74) is 1.43. The van der Waals surface area contributed by atoms with Crippen molar-refractivity contribution in [3.8, 4) is 5.75 Å². The number of methoxy groups -OCH3 is 1. The van der Waals surface area contributed by atoms with Crippen molar-refractivity contribution >= 4 is 11.9 Å². The molecule has 3 rings (SSSR count). The molecule has 0 saturated heterocycles. The number of carboxylic acid groups (broad SMARTS) is 1. The highest BCUT2D eigenvalue weighted by molar-refractivity contribution is 5.89. The summed E-state index contributed by atoms with van der Waals surface area (Å²) in [7, 11) is 1.64. The Morgan fingerprint density at radius 2 is 1.97 bits per heavy atom. The van der Waals surface area contributed by atoms with Gasteiger partial charge in [0.2, 0.25) is 5.91 Å². The number of carbonyl (C=O) groups is 2. The van der Waals surface area contributed by atoms with E-state index in [0.29, 0.717) is 38.0 Å². The molecule has 0 bridgehead atoms. The van der Waals surface area contributed by atoms with Gasteiger partial charge in [0, 0.05) is 38.3 Å². The zero-order valence-corrected chi connectivity index (χ0v) is 18.6. The topological polar surface area (TPSA) is 88.8 Å². The zero-order valence-electron chi connectivity index (χ0n) is 18.6. The highest BCUT2D eigenvalue weighted by Gasteiger charge is 2.30. The van der Waals surface area contributed by atoms with Crippen LogP contribution in [0.5, 0.6) is 5.75 Å². The highest BCUT2D eigenvalue weighted by atomic mass is 16.5. The minimum atomic E-state index is -1.21. The normalized spacial score (nSPS) is 15.2. The van der Waals surface area contributed by atoms with Gasteiger partial charge in [-0.25, -0.2) is 4.79 Å². The van der Waals surface area contributed by atoms with Crippen LogP contribution < -0.4 is 10.3 Å². The number of carboxylic acids is 1. The first-order valence-corrected chi connectivity index (χ1v) is 10.6. The molecule has 1 unspecified atom stereocenters. The van der Waals surface area contributed by atoms with Crippen molar-refractivity contribution in [2.75, 3.05) is 13.7 Å². The third kappa shape index (κ3) is 4.36. The molecule has 0 fully saturated rings. The number of fused-ring (bicyclic) bond motifs is 1. The van der Waals surface area contributed by atoms with E-state index in [1.807, 2.05) is 24.3 Å². The summed E-state index contributed by atoms with van der Waals surface area (Å²) in [6.07, 6.45) is 3.58. The molecule has 0 saturated carbocycles. The smallest absolute Gasteiger partial charge is 0.341 e. The molecule has 2 heterocycles. The van der Waals surface area contributed by atoms with Crippen molar-refractivity contribution in [3.05, 3.63) is 63.1 Å². The van der Waals surface area contributed by atoms with Crippen molar-refractivity contribution in [3.63, 3.8) is 0 Å². The SMILES string of the molecule is CCC(C)(CCn1cc2c(c(C(=O)O)c1=O)CCN(C(C)=O)C2)c1ccccc1OC. The van der Waals surface area contributed by atoms with Gasteiger partial charge in [0.1, 0.15) is 11.3 Å². The predicted octanol–water partition coefficient (Wildman–Crippen LogP) is 3.22. The lowest BCUT2D eigenvalue weighted by atomic mass is 9.76. The lowest BCUT2D eigenvalue weighted by Gasteiger charge is -2.32. The van der Waals surface area contributed by atoms with E-state index in [1.54, 1.807) is 18.2 Å². The van der Waals surface area contributed by atoms with E-state index in [9.17, 15) is 19.5 Å². The van der Waals surface area contributed by atoms with Gasteiger partial charge in [-0.15, -0.1) is 0 Å². The second kappa shape index (κ2) is 8.96. The van der Waals surface area contributed by atoms with E-state index >= 15 is 0 Å². The number of benzene rings is 1. The van der Waals surface area contributed by atoms with Crippen molar-refractivity contribution in [1.82, 2.24) is 9.47 Å². The minimum Gasteiger partial charge on any atom is -0.496 e. The molecule has 7 nitrogen and oxygen atoms in total. The Morgan fingerprint density at radius 1 is 1.26 bits per heavy atom. The summed E-state index contributed by atoms with van der Waals surface area (Å²) in [5.74, 6) is -0.474. The molecular formula is C24H30N2O5. The molecule has 1 aliphatic heterocycles. The number of hydrogen-bond donors (Lipinski definition) is 1. The average Bonchev–Trinajstić information content (AvgIpc) is 2.76. The van der Waals surface area contributed by atoms with E-state index in [2.05, 4.69) is 13.8 Å². The number of rotatable bonds is 7. The third-order valence-electron chi connectivity index (χ3n) is 6.57. The van der Waals surface area contributed by atoms with Gasteiger partial charge in [0.25, 0.3) is 5.56 Å². The van der Waals surface area contributed by atoms with Gasteiger partial charge in [0.15, 0.2) is 0 Å². The molecule has 0 aliphatic carbocycles. The minimum absolute atomic E-state index is 0.0602. The lowest BCUT2D eigenvalue weighted by molar-refractivity contribution is -0.129. The number of hydrogen-bond acceptors (Lipinski definition) is 4. The maximum Gasteiger partial charge on any atom is 0.341 e. The number of ether oxygens (including phenoxy) is 1. The Hall–Kier alpha value is -3.09. The van der Waals surface area contributed by atoms with Crippen LogP contribution in [0, 0.1) is 0 Å². The summed E-state index contributed by atoms with van der Waals surface area (Å²) in [6.45, 7) is 6.84. The number of para-hydroxylation sites is 1. The summed E-state index contributed by atoms with van der Waals surface area (Å²) in [6, 6.07) is 7.85. The van der Waals surface area contributed by atoms with Gasteiger partial charge in [-0.2, -0.15) is 0 Å². The second-order valence-corrected chi connectivity index (χ2v) is 8.37. The predicted molar refractivity (Wildman–Crippen MR) is 118 cm³/mol. The van der Waals surface area contributed by atoms with E-state index in [4.69, 9.17) is 4.74 Å². The van der Waals surface area contributed by atoms with Crippen molar-refractivity contribution in [2.45, 2.75) is 58.5 Å². The van der Waals surface area contributed by atoms with Crippen LogP contribution >= 0.6 is 0 Å². The zero-order chi connectivity index (χ0) is 22.8. The summed E-state index contributed by atoms with van der Waals surface area (Å²) < 4.78 is 7.04. The Bertz CT molecular complexity index is 1060. The number of amides is 1. The molecule has 1 atom stereocenters. The molecule has 1 amide bonds. The number of aryl methyl sites for hydroxylation is 1. The Morgan fingerprint density at radius 3 is 2.58 bits per heavy atom. The number of aromatic carboxylic acids is 1. The van der Waals surface area contributed by atoms with Gasteiger partial charge in [-0.1, -0.05) is 32.0 Å². The fraction of sp³-hybridized carbons (Fsp3) is 0.458. The van der Waals surface area contributed by atoms with Crippen molar-refractivity contribution in [1.29, 1.82) is 0 Å². The van der Waals surface area contributed by atoms with E-state index in [-0.39, 0.29) is 16.9 Å². The first kappa shape index (κ1) is 22.6. The first-order valence-electron chi connectivity index (χ1n) is 10.6. The van der Waals surface area contributed by atoms with Crippen molar-refractivity contribution in [2.24, 2.45) is 0 Å². The molecule has 0 spiro atoms. The van der Waals surface area contributed by atoms with Crippen LogP contribution in [0.25, 0.3) is 0 Å². The number of nitrogens with zero attached hydrogens (tertiary/aromatic N) is 2. The number of aromatic nitrogens is 1. The molecule has 1 aromatic heterocycles. The van der Waals surface area contributed by atoms with Gasteiger partial charge in [-0.05, 0) is 41.9 Å². The van der Waals surface area contributed by atoms with Crippen LogP contribution in [0.1, 0.15) is 60.7 Å². The molecule has 0 radical (unpaired) electrons. The molecule has 166 valence electrons. The van der Waals surface area contributed by atoms with E-state index in [0.717, 1.165) is 23.3 Å². The highest BCUT2D eigenvalue weighted by Crippen LogP contribution is 2.37. The quantitative estimate of drug-likeness (QED) is 0.734. The first-order chi connectivity index (χ1) is 14.7. The average molecular weight is 427 g/mol. The molecule has 7 heteroatoms. The molecule has 1 aromatic carbocycles. The number of carbonyl (C=O) groups excluding carboxylic acids is 1. The third-order valence-corrected chi connectivity index (χ3v) is 6.57. The van der Waals surface area contributed by atoms with Crippen LogP contribution in [-0.4, -0.2) is 40.1 Å².